The molecule has 6 N–H and O–H groups in total. The number of halogens is 6. The first kappa shape index (κ1) is 58.3. The van der Waals surface area contributed by atoms with E-state index in [-0.39, 0.29) is 118 Å². The average Bonchev–Trinajstić information content (AvgIpc) is 3.62. The van der Waals surface area contributed by atoms with Crippen LogP contribution in [0.2, 0.25) is 10.0 Å². The van der Waals surface area contributed by atoms with Gasteiger partial charge in [0.2, 0.25) is 0 Å². The van der Waals surface area contributed by atoms with Crippen LogP contribution in [0, 0.1) is 23.0 Å². The van der Waals surface area contributed by atoms with Crippen molar-refractivity contribution in [2.45, 2.75) is 41.5 Å². The molecule has 0 bridgehead atoms. The molecule has 0 fully saturated rings. The second-order valence-electron chi connectivity index (χ2n) is 10.6. The number of Topliss-reactive ketones (excluding diaryl/α,β-unsaturated/α-hetero) is 2. The van der Waals surface area contributed by atoms with Crippen LogP contribution >= 0.6 is 23.2 Å². The second-order valence-corrected chi connectivity index (χ2v) is 11.5. The minimum absolute atomic E-state index is 0. The molecule has 0 spiro atoms. The molecule has 0 amide bonds. The third-order valence-electron chi connectivity index (χ3n) is 5.10. The van der Waals surface area contributed by atoms with Gasteiger partial charge >= 0.3 is 34.1 Å². The van der Waals surface area contributed by atoms with Gasteiger partial charge < -0.3 is 79.6 Å². The fraction of sp³-hybridized carbons (Fsp3) is 0.286. The van der Waals surface area contributed by atoms with Gasteiger partial charge in [-0.3, -0.25) is 10.2 Å². The van der Waals surface area contributed by atoms with E-state index in [1.807, 2.05) is 41.5 Å². The van der Waals surface area contributed by atoms with E-state index in [2.05, 4.69) is 30.4 Å². The van der Waals surface area contributed by atoms with Crippen LogP contribution in [0.4, 0.5) is 0 Å². The van der Waals surface area contributed by atoms with Crippen molar-refractivity contribution in [3.63, 3.8) is 0 Å². The first-order chi connectivity index (χ1) is 18.8. The van der Waals surface area contributed by atoms with E-state index in [1.54, 1.807) is 48.5 Å². The van der Waals surface area contributed by atoms with Gasteiger partial charge in [0.15, 0.2) is 0 Å². The summed E-state index contributed by atoms with van der Waals surface area (Å²) in [6.45, 7) is 10.9. The normalized spacial score (nSPS) is 9.33. The van der Waals surface area contributed by atoms with E-state index >= 15 is 0 Å². The van der Waals surface area contributed by atoms with Gasteiger partial charge in [-0.05, 0) is 59.4 Å². The number of ether oxygens (including phenoxy) is 2. The van der Waals surface area contributed by atoms with Gasteiger partial charge in [-0.2, -0.15) is 10.2 Å². The summed E-state index contributed by atoms with van der Waals surface area (Å²) in [5.41, 5.74) is -1.18. The van der Waals surface area contributed by atoms with Crippen LogP contribution in [0.1, 0.15) is 53.2 Å². The zero-order chi connectivity index (χ0) is 29.5. The first-order valence-electron chi connectivity index (χ1n) is 12.2. The van der Waals surface area contributed by atoms with Crippen molar-refractivity contribution >= 4 is 34.8 Å². The van der Waals surface area contributed by atoms with Gasteiger partial charge in [0.25, 0.3) is 0 Å². The average molecular weight is 873 g/mol. The van der Waals surface area contributed by atoms with Gasteiger partial charge in [0.1, 0.15) is 12.7 Å². The molecule has 2 aromatic carbocycles. The largest absolute Gasteiger partial charge is 3.00 e. The number of aromatic nitrogens is 6. The van der Waals surface area contributed by atoms with E-state index in [4.69, 9.17) is 32.7 Å². The van der Waals surface area contributed by atoms with Gasteiger partial charge in [0, 0.05) is 33.3 Å². The Labute approximate surface area is 335 Å². The molecule has 12 nitrogen and oxygen atoms in total. The standard InChI is InChI=1S/2C14H15ClN3O2.4ClH.2Mn.2H2O/c2*1-14(2,3)12(19)11(13-16-8-17-18-13)20-10-6-4-9(15)5-7-10;;;;;;;;/h2*4-8H,1-3H3,(H,16,17,18);4*1H;;;2*1H2/q2*-1;;;;;2*+3;;/p-4. The number of hydrogen-bond acceptors (Lipinski definition) is 8. The molecule has 2 aromatic heterocycles. The van der Waals surface area contributed by atoms with Gasteiger partial charge in [-0.15, -0.1) is 0 Å². The molecular weight excluding hydrogens is 839 g/mol. The Balaban J connectivity index is -0.000000157. The fourth-order valence-electron chi connectivity index (χ4n) is 2.96. The van der Waals surface area contributed by atoms with Crippen LogP contribution in [-0.2, 0) is 43.7 Å². The number of ketones is 2. The number of aromatic amines is 2. The zero-order valence-corrected chi connectivity index (χ0v) is 33.1. The van der Waals surface area contributed by atoms with Crippen molar-refractivity contribution in [2.75, 3.05) is 0 Å². The van der Waals surface area contributed by atoms with E-state index in [9.17, 15) is 9.59 Å². The number of nitrogens with zero attached hydrogens (tertiary/aromatic N) is 4. The predicted octanol–water partition coefficient (Wildman–Crippen LogP) is -7.57. The summed E-state index contributed by atoms with van der Waals surface area (Å²) < 4.78 is 11.4. The van der Waals surface area contributed by atoms with E-state index < -0.39 is 10.8 Å². The van der Waals surface area contributed by atoms with Crippen LogP contribution in [0.5, 0.6) is 11.5 Å². The number of rotatable bonds is 8. The smallest absolute Gasteiger partial charge is 1.00 e. The summed E-state index contributed by atoms with van der Waals surface area (Å²) in [7, 11) is 0. The van der Waals surface area contributed by atoms with Crippen molar-refractivity contribution < 1.29 is 114 Å². The van der Waals surface area contributed by atoms with Crippen LogP contribution in [0.15, 0.2) is 61.2 Å². The predicted molar refractivity (Wildman–Crippen MR) is 158 cm³/mol. The molecular formula is C28H34Cl6Mn2N6O6. The Morgan fingerprint density at radius 1 is 0.604 bits per heavy atom. The van der Waals surface area contributed by atoms with E-state index in [0.29, 0.717) is 33.2 Å². The van der Waals surface area contributed by atoms with Gasteiger partial charge in [-0.25, -0.2) is 9.97 Å². The summed E-state index contributed by atoms with van der Waals surface area (Å²) in [5, 5.41) is 14.0. The van der Waals surface area contributed by atoms with Crippen LogP contribution < -0.4 is 59.1 Å². The Bertz CT molecular complexity index is 1290. The van der Waals surface area contributed by atoms with Crippen LogP contribution in [0.25, 0.3) is 0 Å². The number of H-pyrrole nitrogens is 2. The molecule has 0 radical (unpaired) electrons. The molecule has 0 saturated heterocycles. The number of carbonyl (C=O) groups excluding carboxylic acids is 2. The summed E-state index contributed by atoms with van der Waals surface area (Å²) in [6.07, 6.45) is 2.93. The molecule has 20 heteroatoms. The summed E-state index contributed by atoms with van der Waals surface area (Å²) in [4.78, 5) is 32.9. The molecule has 0 atom stereocenters. The summed E-state index contributed by atoms with van der Waals surface area (Å²) >= 11 is 11.7. The van der Waals surface area contributed by atoms with Crippen molar-refractivity contribution in [3.8, 4) is 11.5 Å². The topological polar surface area (TPSA) is 199 Å². The molecule has 0 saturated carbocycles. The number of nitrogens with one attached hydrogen (secondary N) is 2. The van der Waals surface area contributed by atoms with E-state index in [0.717, 1.165) is 0 Å². The molecule has 2 heterocycles. The quantitative estimate of drug-likeness (QED) is 0.129. The van der Waals surface area contributed by atoms with Crippen molar-refractivity contribution in [3.05, 3.63) is 95.1 Å². The molecule has 0 unspecified atom stereocenters. The maximum Gasteiger partial charge on any atom is 3.00 e. The number of hydrogen-bond donors (Lipinski definition) is 2. The third-order valence-corrected chi connectivity index (χ3v) is 5.61. The Morgan fingerprint density at radius 2 is 0.875 bits per heavy atom. The van der Waals surface area contributed by atoms with Gasteiger partial charge in [0.05, 0.1) is 11.5 Å². The van der Waals surface area contributed by atoms with Crippen molar-refractivity contribution in [1.29, 1.82) is 0 Å². The van der Waals surface area contributed by atoms with Crippen LogP contribution in [0.3, 0.4) is 0 Å². The Hall–Kier alpha value is -1.90. The molecule has 0 aliphatic heterocycles. The molecule has 0 aliphatic rings. The fourth-order valence-corrected chi connectivity index (χ4v) is 3.21. The minimum atomic E-state index is -0.589. The van der Waals surface area contributed by atoms with E-state index in [1.165, 1.54) is 12.7 Å². The maximum absolute atomic E-state index is 12.5. The molecule has 4 aromatic rings. The third kappa shape index (κ3) is 17.7. The number of carbonyl (C=O) groups is 2. The SMILES string of the molecule is CC(C)(C)C(=O)[C-](Oc1ccc(Cl)cc1)c1ncn[nH]1.CC(C)(C)C(=O)[C-](Oc1ccc(Cl)cc1)c1ncn[nH]1.O.O.[Cl-].[Cl-].[Cl-].[Cl-].[Mn+3].[Mn+3]. The first-order valence-corrected chi connectivity index (χ1v) is 12.9. The Morgan fingerprint density at radius 3 is 1.08 bits per heavy atom. The van der Waals surface area contributed by atoms with Crippen molar-refractivity contribution in [2.24, 2.45) is 10.8 Å². The van der Waals surface area contributed by atoms with Gasteiger partial charge in [-0.1, -0.05) is 77.0 Å². The monoisotopic (exact) mass is 870 g/mol. The Kier molecular flexibility index (Phi) is 31.6. The molecule has 268 valence electrons. The zero-order valence-electron chi connectivity index (χ0n) is 26.2. The number of benzene rings is 2. The van der Waals surface area contributed by atoms with Crippen molar-refractivity contribution in [1.82, 2.24) is 30.4 Å². The van der Waals surface area contributed by atoms with Crippen LogP contribution in [-0.4, -0.2) is 52.9 Å². The molecule has 4 rings (SSSR count). The molecule has 48 heavy (non-hydrogen) atoms. The minimum Gasteiger partial charge on any atom is -1.00 e. The second kappa shape index (κ2) is 26.0. The maximum atomic E-state index is 12.5. The molecule has 0 aliphatic carbocycles. The summed E-state index contributed by atoms with van der Waals surface area (Å²) in [5.74, 6) is 1.31. The summed E-state index contributed by atoms with van der Waals surface area (Å²) in [6, 6.07) is 13.5.